The average molecular weight is 662 g/mol. The van der Waals surface area contributed by atoms with Crippen molar-refractivity contribution < 1.29 is 31.9 Å². The highest BCUT2D eigenvalue weighted by Gasteiger charge is 2.28. The van der Waals surface area contributed by atoms with Gasteiger partial charge in [0.2, 0.25) is 5.76 Å². The van der Waals surface area contributed by atoms with Crippen LogP contribution in [0.3, 0.4) is 0 Å². The highest BCUT2D eigenvalue weighted by molar-refractivity contribution is 7.92. The number of ether oxygens (including phenoxy) is 2. The molecule has 1 fully saturated rings. The summed E-state index contributed by atoms with van der Waals surface area (Å²) in [7, 11) is -4.01. The molecule has 47 heavy (non-hydrogen) atoms. The zero-order valence-corrected chi connectivity index (χ0v) is 28.5. The van der Waals surface area contributed by atoms with Crippen molar-refractivity contribution in [1.82, 2.24) is 9.80 Å². The van der Waals surface area contributed by atoms with Gasteiger partial charge in [-0.15, -0.1) is 0 Å². The Morgan fingerprint density at radius 1 is 0.915 bits per heavy atom. The van der Waals surface area contributed by atoms with Crippen LogP contribution in [0.15, 0.2) is 82.1 Å². The zero-order chi connectivity index (χ0) is 33.8. The van der Waals surface area contributed by atoms with Crippen LogP contribution >= 0.6 is 0 Å². The third-order valence-electron chi connectivity index (χ3n) is 8.06. The van der Waals surface area contributed by atoms with E-state index in [-0.39, 0.29) is 29.9 Å². The molecule has 0 spiro atoms. The van der Waals surface area contributed by atoms with Crippen LogP contribution in [0.1, 0.15) is 54.9 Å². The lowest BCUT2D eigenvalue weighted by Crippen LogP contribution is -2.49. The lowest BCUT2D eigenvalue weighted by atomic mass is 10.1. The van der Waals surface area contributed by atoms with E-state index in [4.69, 9.17) is 13.9 Å². The number of rotatable bonds is 10. The summed E-state index contributed by atoms with van der Waals surface area (Å²) in [5, 5.41) is 0.541. The molecule has 2 heterocycles. The molecule has 5 rings (SSSR count). The molecule has 11 heteroatoms. The number of fused-ring (bicyclic) bond motifs is 1. The molecule has 0 unspecified atom stereocenters. The summed E-state index contributed by atoms with van der Waals surface area (Å²) in [6, 6.07) is 22.0. The van der Waals surface area contributed by atoms with Crippen molar-refractivity contribution in [2.24, 2.45) is 0 Å². The molecular formula is C36H43N3O7S. The van der Waals surface area contributed by atoms with Crippen LogP contribution in [0.4, 0.5) is 10.5 Å². The number of carbonyl (C=O) groups is 2. The Kier molecular flexibility index (Phi) is 10.3. The molecule has 0 atom stereocenters. The summed E-state index contributed by atoms with van der Waals surface area (Å²) in [4.78, 5) is 29.0. The van der Waals surface area contributed by atoms with Gasteiger partial charge in [-0.1, -0.05) is 42.5 Å². The van der Waals surface area contributed by atoms with E-state index in [0.717, 1.165) is 11.1 Å². The zero-order valence-electron chi connectivity index (χ0n) is 27.7. The Labute approximate surface area is 276 Å². The Hall–Kier alpha value is -4.35. The molecule has 1 aliphatic rings. The molecule has 0 radical (unpaired) electrons. The molecule has 4 aromatic rings. The molecule has 0 bridgehead atoms. The van der Waals surface area contributed by atoms with Gasteiger partial charge in [0.25, 0.3) is 10.0 Å². The minimum absolute atomic E-state index is 0.0687. The van der Waals surface area contributed by atoms with Gasteiger partial charge in [-0.3, -0.25) is 9.21 Å². The van der Waals surface area contributed by atoms with Crippen molar-refractivity contribution in [3.05, 3.63) is 95.2 Å². The second-order valence-electron chi connectivity index (χ2n) is 12.7. The number of carbonyl (C=O) groups excluding carboxylic acids is 2. The monoisotopic (exact) mass is 661 g/mol. The first-order chi connectivity index (χ1) is 22.4. The number of hydrogen-bond donors (Lipinski definition) is 0. The summed E-state index contributed by atoms with van der Waals surface area (Å²) in [5.41, 5.74) is 3.03. The van der Waals surface area contributed by atoms with Gasteiger partial charge in [-0.25, -0.2) is 18.0 Å². The summed E-state index contributed by atoms with van der Waals surface area (Å²) in [6.07, 6.45) is 0.226. The summed E-state index contributed by atoms with van der Waals surface area (Å²) in [6.45, 7) is 12.7. The molecule has 0 saturated carbocycles. The van der Waals surface area contributed by atoms with Crippen molar-refractivity contribution in [2.75, 3.05) is 43.6 Å². The highest BCUT2D eigenvalue weighted by atomic mass is 32.2. The molecule has 10 nitrogen and oxygen atoms in total. The number of piperazine rings is 1. The lowest BCUT2D eigenvalue weighted by Gasteiger charge is -2.35. The molecule has 250 valence electrons. The normalized spacial score (nSPS) is 14.3. The van der Waals surface area contributed by atoms with E-state index in [9.17, 15) is 18.0 Å². The van der Waals surface area contributed by atoms with Gasteiger partial charge in [0, 0.05) is 50.2 Å². The van der Waals surface area contributed by atoms with Gasteiger partial charge < -0.3 is 18.8 Å². The predicted molar refractivity (Wildman–Crippen MR) is 181 cm³/mol. The average Bonchev–Trinajstić information content (AvgIpc) is 3.37. The number of esters is 1. The van der Waals surface area contributed by atoms with Crippen LogP contribution in [0, 0.1) is 6.92 Å². The molecule has 0 aliphatic carbocycles. The number of hydrogen-bond acceptors (Lipinski definition) is 8. The number of aryl methyl sites for hydroxylation is 1. The first-order valence-electron chi connectivity index (χ1n) is 15.9. The fraction of sp³-hybridized carbons (Fsp3) is 0.389. The van der Waals surface area contributed by atoms with Crippen molar-refractivity contribution in [2.45, 2.75) is 58.1 Å². The van der Waals surface area contributed by atoms with Gasteiger partial charge in [-0.2, -0.15) is 0 Å². The number of furan rings is 1. The first-order valence-corrected chi connectivity index (χ1v) is 17.4. The summed E-state index contributed by atoms with van der Waals surface area (Å²) < 4.78 is 46.3. The maximum absolute atomic E-state index is 14.3. The van der Waals surface area contributed by atoms with Crippen molar-refractivity contribution in [3.8, 4) is 0 Å². The van der Waals surface area contributed by atoms with Gasteiger partial charge in [0.1, 0.15) is 11.2 Å². The van der Waals surface area contributed by atoms with Crippen LogP contribution in [-0.2, 0) is 32.5 Å². The van der Waals surface area contributed by atoms with E-state index in [1.165, 1.54) is 10.4 Å². The predicted octanol–water partition coefficient (Wildman–Crippen LogP) is 6.41. The molecule has 1 saturated heterocycles. The smallest absolute Gasteiger partial charge is 0.410 e. The van der Waals surface area contributed by atoms with Gasteiger partial charge >= 0.3 is 12.1 Å². The topological polar surface area (TPSA) is 110 Å². The van der Waals surface area contributed by atoms with Crippen molar-refractivity contribution in [3.63, 3.8) is 0 Å². The van der Waals surface area contributed by atoms with Crippen LogP contribution < -0.4 is 4.31 Å². The number of nitrogens with zero attached hydrogens (tertiary/aromatic N) is 3. The second kappa shape index (κ2) is 14.2. The van der Waals surface area contributed by atoms with E-state index in [1.54, 1.807) is 30.9 Å². The molecular weight excluding hydrogens is 618 g/mol. The standard InChI is InChI=1S/C36H43N3O7S/c1-6-44-34(40)33-26(2)31-24-30(16-17-32(31)45-33)47(42,43)39(19-18-27-10-8-7-9-11-27)29-14-12-28(13-15-29)25-37-20-22-38(23-21-37)35(41)46-36(3,4)5/h7-17,24H,6,18-23,25H2,1-5H3. The van der Waals surface area contributed by atoms with Gasteiger partial charge in [0.05, 0.1) is 17.2 Å². The van der Waals surface area contributed by atoms with Crippen LogP contribution in [0.25, 0.3) is 11.0 Å². The minimum atomic E-state index is -4.01. The van der Waals surface area contributed by atoms with Crippen LogP contribution in [-0.4, -0.2) is 75.2 Å². The summed E-state index contributed by atoms with van der Waals surface area (Å²) >= 11 is 0. The number of sulfonamides is 1. The Morgan fingerprint density at radius 2 is 1.60 bits per heavy atom. The quantitative estimate of drug-likeness (QED) is 0.180. The Morgan fingerprint density at radius 3 is 2.23 bits per heavy atom. The van der Waals surface area contributed by atoms with Gasteiger partial charge in [0.15, 0.2) is 0 Å². The summed E-state index contributed by atoms with van der Waals surface area (Å²) in [5.74, 6) is -0.515. The maximum atomic E-state index is 14.3. The van der Waals surface area contributed by atoms with Crippen LogP contribution in [0.5, 0.6) is 0 Å². The largest absolute Gasteiger partial charge is 0.460 e. The number of amides is 1. The van der Waals surface area contributed by atoms with Gasteiger partial charge in [-0.05, 0) is 82.5 Å². The Balaban J connectivity index is 1.36. The molecule has 1 amide bonds. The van der Waals surface area contributed by atoms with Crippen LogP contribution in [0.2, 0.25) is 0 Å². The third-order valence-corrected chi connectivity index (χ3v) is 9.88. The van der Waals surface area contributed by atoms with Crippen molar-refractivity contribution >= 4 is 38.7 Å². The van der Waals surface area contributed by atoms with E-state index >= 15 is 0 Å². The molecule has 1 aromatic heterocycles. The second-order valence-corrected chi connectivity index (χ2v) is 14.5. The van der Waals surface area contributed by atoms with Crippen molar-refractivity contribution in [1.29, 1.82) is 0 Å². The maximum Gasteiger partial charge on any atom is 0.410 e. The molecule has 0 N–H and O–H groups in total. The first kappa shape index (κ1) is 34.0. The fourth-order valence-corrected chi connectivity index (χ4v) is 7.08. The van der Waals surface area contributed by atoms with E-state index < -0.39 is 21.6 Å². The highest BCUT2D eigenvalue weighted by Crippen LogP contribution is 2.31. The third kappa shape index (κ3) is 8.15. The minimum Gasteiger partial charge on any atom is -0.460 e. The van der Waals surface area contributed by atoms with E-state index in [2.05, 4.69) is 4.90 Å². The number of benzene rings is 3. The fourth-order valence-electron chi connectivity index (χ4n) is 5.58. The molecule has 1 aliphatic heterocycles. The van der Waals surface area contributed by atoms with E-state index in [0.29, 0.717) is 61.4 Å². The van der Waals surface area contributed by atoms with E-state index in [1.807, 2.05) is 75.4 Å². The number of anilines is 1. The molecule has 3 aromatic carbocycles. The Bertz CT molecular complexity index is 1810. The lowest BCUT2D eigenvalue weighted by molar-refractivity contribution is 0.0138. The SMILES string of the molecule is CCOC(=O)c1oc2ccc(S(=O)(=O)N(CCc3ccccc3)c3ccc(CN4CCN(C(=O)OC(C)(C)C)CC4)cc3)cc2c1C.